The van der Waals surface area contributed by atoms with Crippen molar-refractivity contribution in [2.45, 2.75) is 32.9 Å². The van der Waals surface area contributed by atoms with Gasteiger partial charge in [0.25, 0.3) is 5.91 Å². The Hall–Kier alpha value is -2.76. The van der Waals surface area contributed by atoms with Crippen molar-refractivity contribution < 1.29 is 27.2 Å². The Bertz CT molecular complexity index is 930. The number of alkyl halides is 3. The molecule has 5 nitrogen and oxygen atoms in total. The quantitative estimate of drug-likeness (QED) is 0.682. The van der Waals surface area contributed by atoms with Crippen molar-refractivity contribution >= 4 is 11.7 Å². The summed E-state index contributed by atoms with van der Waals surface area (Å²) in [5.74, 6) is -2.85. The van der Waals surface area contributed by atoms with Gasteiger partial charge in [-0.15, -0.1) is 0 Å². The number of allylic oxidation sites excluding steroid dienone is 1. The Balaban J connectivity index is 1.91. The van der Waals surface area contributed by atoms with Crippen LogP contribution in [-0.2, 0) is 11.0 Å². The van der Waals surface area contributed by atoms with Gasteiger partial charge in [0.1, 0.15) is 6.07 Å². The highest BCUT2D eigenvalue weighted by atomic mass is 19.4. The summed E-state index contributed by atoms with van der Waals surface area (Å²) in [4.78, 5) is 29.2. The predicted octanol–water partition coefficient (Wildman–Crippen LogP) is 3.52. The molecule has 3 rings (SSSR count). The number of rotatable bonds is 1. The van der Waals surface area contributed by atoms with Gasteiger partial charge in [-0.2, -0.15) is 18.4 Å². The molecule has 0 N–H and O–H groups in total. The fourth-order valence-electron chi connectivity index (χ4n) is 4.14. The summed E-state index contributed by atoms with van der Waals surface area (Å²) < 4.78 is 52.9. The van der Waals surface area contributed by atoms with Crippen LogP contribution in [0.25, 0.3) is 0 Å². The van der Waals surface area contributed by atoms with Crippen LogP contribution in [0.15, 0.2) is 23.9 Å². The van der Waals surface area contributed by atoms with E-state index in [-0.39, 0.29) is 24.4 Å². The first-order valence-corrected chi connectivity index (χ1v) is 8.59. The summed E-state index contributed by atoms with van der Waals surface area (Å²) in [7, 11) is 0. The molecule has 1 aromatic heterocycles. The Morgan fingerprint density at radius 2 is 2.04 bits per heavy atom. The number of carbonyl (C=O) groups is 2. The molecular formula is C19H17F4N3O2. The number of hydrogen-bond acceptors (Lipinski definition) is 4. The van der Waals surface area contributed by atoms with Gasteiger partial charge in [0.05, 0.1) is 11.1 Å². The molecule has 0 unspecified atom stereocenters. The Morgan fingerprint density at radius 3 is 2.64 bits per heavy atom. The summed E-state index contributed by atoms with van der Waals surface area (Å²) in [5.41, 5.74) is -3.86. The van der Waals surface area contributed by atoms with Crippen molar-refractivity contribution in [3.8, 4) is 6.07 Å². The first-order valence-electron chi connectivity index (χ1n) is 8.59. The molecule has 9 heteroatoms. The molecular weight excluding hydrogens is 378 g/mol. The van der Waals surface area contributed by atoms with Crippen molar-refractivity contribution in [3.05, 3.63) is 41.0 Å². The second kappa shape index (κ2) is 6.40. The summed E-state index contributed by atoms with van der Waals surface area (Å²) in [6.45, 7) is 3.70. The number of likely N-dealkylation sites (tertiary alicyclic amines) is 1. The number of Topliss-reactive ketones (excluding diaryl/α,β-unsaturated/α-hetero) is 1. The summed E-state index contributed by atoms with van der Waals surface area (Å²) in [6.07, 6.45) is -1.89. The summed E-state index contributed by atoms with van der Waals surface area (Å²) >= 11 is 0. The molecule has 0 radical (unpaired) electrons. The van der Waals surface area contributed by atoms with Crippen LogP contribution in [0, 0.1) is 28.0 Å². The molecule has 1 saturated heterocycles. The van der Waals surface area contributed by atoms with Crippen LogP contribution in [0.1, 0.15) is 42.7 Å². The lowest BCUT2D eigenvalue weighted by molar-refractivity contribution is -0.143. The van der Waals surface area contributed by atoms with Crippen LogP contribution in [0.2, 0.25) is 0 Å². The molecule has 0 bridgehead atoms. The molecule has 0 saturated carbocycles. The van der Waals surface area contributed by atoms with Gasteiger partial charge in [0.2, 0.25) is 0 Å². The number of halogens is 4. The first kappa shape index (κ1) is 20.0. The van der Waals surface area contributed by atoms with E-state index in [0.29, 0.717) is 12.8 Å². The molecule has 1 fully saturated rings. The van der Waals surface area contributed by atoms with E-state index < -0.39 is 40.0 Å². The number of ketones is 1. The van der Waals surface area contributed by atoms with E-state index in [4.69, 9.17) is 0 Å². The van der Waals surface area contributed by atoms with Crippen molar-refractivity contribution in [1.82, 2.24) is 9.88 Å². The highest BCUT2D eigenvalue weighted by molar-refractivity contribution is 6.04. The van der Waals surface area contributed by atoms with Gasteiger partial charge in [-0.25, -0.2) is 9.37 Å². The van der Waals surface area contributed by atoms with Crippen LogP contribution in [-0.4, -0.2) is 34.7 Å². The lowest BCUT2D eigenvalue weighted by Crippen LogP contribution is -2.41. The minimum absolute atomic E-state index is 0.0139. The van der Waals surface area contributed by atoms with Crippen LogP contribution >= 0.6 is 0 Å². The molecule has 2 heterocycles. The van der Waals surface area contributed by atoms with E-state index in [1.165, 1.54) is 4.90 Å². The van der Waals surface area contributed by atoms with Crippen LogP contribution in [0.3, 0.4) is 0 Å². The third-order valence-corrected chi connectivity index (χ3v) is 5.28. The fourth-order valence-corrected chi connectivity index (χ4v) is 4.14. The van der Waals surface area contributed by atoms with Gasteiger partial charge in [0.15, 0.2) is 17.3 Å². The van der Waals surface area contributed by atoms with Gasteiger partial charge >= 0.3 is 6.18 Å². The third-order valence-electron chi connectivity index (χ3n) is 5.28. The number of pyridine rings is 1. The number of aromatic nitrogens is 1. The molecule has 1 aliphatic heterocycles. The van der Waals surface area contributed by atoms with Crippen LogP contribution < -0.4 is 0 Å². The van der Waals surface area contributed by atoms with Crippen molar-refractivity contribution in [1.29, 1.82) is 5.26 Å². The largest absolute Gasteiger partial charge is 0.436 e. The monoisotopic (exact) mass is 395 g/mol. The fraction of sp³-hybridized carbons (Fsp3) is 0.474. The van der Waals surface area contributed by atoms with E-state index in [9.17, 15) is 32.4 Å². The molecule has 1 amide bonds. The minimum Gasteiger partial charge on any atom is -0.338 e. The van der Waals surface area contributed by atoms with Crippen molar-refractivity contribution in [3.63, 3.8) is 0 Å². The zero-order valence-corrected chi connectivity index (χ0v) is 15.2. The number of nitriles is 1. The average Bonchev–Trinajstić information content (AvgIpc) is 2.99. The standard InChI is InChI=1S/C19H17F4N3O2/c1-17(2)9-18(7-11(8-24)15(17)27)4-6-26(10-18)16(28)12-3-5-25-14(13(12)20)19(21,22)23/h3,5,7H,4,6,9-10H2,1-2H3/t18-/m1/s1. The maximum atomic E-state index is 14.3. The van der Waals surface area contributed by atoms with E-state index in [1.807, 2.05) is 6.07 Å². The molecule has 148 valence electrons. The predicted molar refractivity (Wildman–Crippen MR) is 89.3 cm³/mol. The van der Waals surface area contributed by atoms with E-state index in [0.717, 1.165) is 12.3 Å². The molecule has 1 aliphatic carbocycles. The second-order valence-electron chi connectivity index (χ2n) is 7.92. The van der Waals surface area contributed by atoms with Gasteiger partial charge < -0.3 is 4.90 Å². The summed E-state index contributed by atoms with van der Waals surface area (Å²) in [6, 6.07) is 2.80. The van der Waals surface area contributed by atoms with Crippen LogP contribution in [0.4, 0.5) is 17.6 Å². The molecule has 28 heavy (non-hydrogen) atoms. The zero-order valence-electron chi connectivity index (χ0n) is 15.2. The van der Waals surface area contributed by atoms with Gasteiger partial charge in [-0.05, 0) is 18.9 Å². The summed E-state index contributed by atoms with van der Waals surface area (Å²) in [5, 5.41) is 9.25. The molecule has 1 aromatic rings. The Morgan fingerprint density at radius 1 is 1.36 bits per heavy atom. The molecule has 1 spiro atoms. The molecule has 1 atom stereocenters. The number of amides is 1. The number of hydrogen-bond donors (Lipinski definition) is 0. The lowest BCUT2D eigenvalue weighted by atomic mass is 9.64. The lowest BCUT2D eigenvalue weighted by Gasteiger charge is -2.38. The smallest absolute Gasteiger partial charge is 0.338 e. The van der Waals surface area contributed by atoms with E-state index >= 15 is 0 Å². The highest BCUT2D eigenvalue weighted by Gasteiger charge is 2.49. The number of carbonyl (C=O) groups excluding carboxylic acids is 2. The average molecular weight is 395 g/mol. The molecule has 0 aromatic carbocycles. The highest BCUT2D eigenvalue weighted by Crippen LogP contribution is 2.48. The second-order valence-corrected chi connectivity index (χ2v) is 7.92. The maximum absolute atomic E-state index is 14.3. The van der Waals surface area contributed by atoms with Gasteiger partial charge in [-0.1, -0.05) is 19.9 Å². The van der Waals surface area contributed by atoms with Gasteiger partial charge in [-0.3, -0.25) is 9.59 Å². The van der Waals surface area contributed by atoms with Crippen molar-refractivity contribution in [2.24, 2.45) is 10.8 Å². The normalized spacial score (nSPS) is 24.2. The van der Waals surface area contributed by atoms with Crippen molar-refractivity contribution in [2.75, 3.05) is 13.1 Å². The third kappa shape index (κ3) is 3.28. The topological polar surface area (TPSA) is 74.1 Å². The van der Waals surface area contributed by atoms with E-state index in [2.05, 4.69) is 4.98 Å². The Kier molecular flexibility index (Phi) is 4.57. The van der Waals surface area contributed by atoms with E-state index in [1.54, 1.807) is 19.9 Å². The van der Waals surface area contributed by atoms with Gasteiger partial charge in [0, 0.05) is 30.1 Å². The SMILES string of the molecule is CC1(C)C[C@]2(C=C(C#N)C1=O)CCN(C(=O)c1ccnc(C(F)(F)F)c1F)C2. The number of nitrogens with zero attached hydrogens (tertiary/aromatic N) is 3. The minimum atomic E-state index is -5.01. The van der Waals surface area contributed by atoms with Crippen LogP contribution in [0.5, 0.6) is 0 Å². The maximum Gasteiger partial charge on any atom is 0.436 e. The Labute approximate surface area is 158 Å². The zero-order chi connectivity index (χ0) is 20.9. The first-order chi connectivity index (χ1) is 12.9. The molecule has 2 aliphatic rings.